The van der Waals surface area contributed by atoms with Gasteiger partial charge in [-0.05, 0) is 59.4 Å². The largest absolute Gasteiger partial charge is 0.396 e. The van der Waals surface area contributed by atoms with Gasteiger partial charge in [0.2, 0.25) is 0 Å². The summed E-state index contributed by atoms with van der Waals surface area (Å²) in [4.78, 5) is 2.35. The number of halogens is 1. The molecular formula is C12H20BrNOS. The first-order valence-corrected chi connectivity index (χ1v) is 7.42. The van der Waals surface area contributed by atoms with Crippen molar-refractivity contribution in [3.05, 3.63) is 20.8 Å². The molecule has 0 saturated heterocycles. The molecule has 4 heteroatoms. The quantitative estimate of drug-likeness (QED) is 0.743. The van der Waals surface area contributed by atoms with Crippen LogP contribution in [0.25, 0.3) is 0 Å². The fraction of sp³-hybridized carbons (Fsp3) is 0.667. The highest BCUT2D eigenvalue weighted by molar-refractivity contribution is 9.11. The molecule has 0 aliphatic heterocycles. The van der Waals surface area contributed by atoms with E-state index in [1.807, 2.05) is 0 Å². The van der Waals surface area contributed by atoms with Crippen molar-refractivity contribution >= 4 is 27.3 Å². The maximum Gasteiger partial charge on any atom is 0.0701 e. The Morgan fingerprint density at radius 3 is 2.69 bits per heavy atom. The van der Waals surface area contributed by atoms with Gasteiger partial charge in [-0.2, -0.15) is 0 Å². The predicted molar refractivity (Wildman–Crippen MR) is 73.9 cm³/mol. The smallest absolute Gasteiger partial charge is 0.0701 e. The van der Waals surface area contributed by atoms with Crippen molar-refractivity contribution < 1.29 is 5.11 Å². The van der Waals surface area contributed by atoms with Crippen LogP contribution >= 0.6 is 27.3 Å². The van der Waals surface area contributed by atoms with Crippen molar-refractivity contribution in [2.75, 3.05) is 20.2 Å². The number of aliphatic hydroxyl groups is 1. The van der Waals surface area contributed by atoms with E-state index in [1.165, 1.54) is 22.2 Å². The molecule has 1 rings (SSSR count). The highest BCUT2D eigenvalue weighted by Crippen LogP contribution is 2.21. The fourth-order valence-electron chi connectivity index (χ4n) is 1.67. The fourth-order valence-corrected chi connectivity index (χ4v) is 2.87. The van der Waals surface area contributed by atoms with Crippen molar-refractivity contribution in [3.63, 3.8) is 0 Å². The molecule has 1 N–H and O–H groups in total. The number of aliphatic hydroxyl groups excluding tert-OH is 1. The molecule has 1 aromatic rings. The van der Waals surface area contributed by atoms with Crippen molar-refractivity contribution in [2.24, 2.45) is 0 Å². The van der Waals surface area contributed by atoms with Crippen LogP contribution in [-0.2, 0) is 6.54 Å². The average molecular weight is 306 g/mol. The van der Waals surface area contributed by atoms with E-state index in [-0.39, 0.29) is 0 Å². The van der Waals surface area contributed by atoms with Gasteiger partial charge >= 0.3 is 0 Å². The van der Waals surface area contributed by atoms with Crippen LogP contribution in [-0.4, -0.2) is 30.2 Å². The summed E-state index contributed by atoms with van der Waals surface area (Å²) in [6, 6.07) is 2.19. The van der Waals surface area contributed by atoms with Crippen molar-refractivity contribution in [1.29, 1.82) is 0 Å². The first-order chi connectivity index (χ1) is 7.72. The molecule has 0 fully saturated rings. The van der Waals surface area contributed by atoms with Crippen molar-refractivity contribution in [3.8, 4) is 0 Å². The second-order valence-electron chi connectivity index (χ2n) is 4.13. The van der Waals surface area contributed by atoms with E-state index in [0.717, 1.165) is 25.9 Å². The Labute approximate surface area is 110 Å². The summed E-state index contributed by atoms with van der Waals surface area (Å²) in [6.07, 6.45) is 4.54. The molecule has 0 saturated carbocycles. The lowest BCUT2D eigenvalue weighted by Crippen LogP contribution is -2.18. The minimum absolute atomic E-state index is 0.332. The van der Waals surface area contributed by atoms with Gasteiger partial charge in [0.15, 0.2) is 0 Å². The van der Waals surface area contributed by atoms with Crippen LogP contribution in [0, 0.1) is 0 Å². The zero-order valence-corrected chi connectivity index (χ0v) is 12.2. The van der Waals surface area contributed by atoms with E-state index in [0.29, 0.717) is 6.61 Å². The van der Waals surface area contributed by atoms with Gasteiger partial charge in [-0.15, -0.1) is 11.3 Å². The maximum atomic E-state index is 8.66. The van der Waals surface area contributed by atoms with Crippen LogP contribution < -0.4 is 0 Å². The summed E-state index contributed by atoms with van der Waals surface area (Å²) >= 11 is 5.22. The predicted octanol–water partition coefficient (Wildman–Crippen LogP) is 3.50. The van der Waals surface area contributed by atoms with Gasteiger partial charge < -0.3 is 10.0 Å². The van der Waals surface area contributed by atoms with E-state index in [9.17, 15) is 0 Å². The zero-order valence-electron chi connectivity index (χ0n) is 9.79. The van der Waals surface area contributed by atoms with E-state index in [1.54, 1.807) is 11.3 Å². The van der Waals surface area contributed by atoms with E-state index in [4.69, 9.17) is 5.11 Å². The highest BCUT2D eigenvalue weighted by Gasteiger charge is 2.02. The molecule has 0 radical (unpaired) electrons. The maximum absolute atomic E-state index is 8.66. The number of rotatable bonds is 8. The number of unbranched alkanes of at least 4 members (excludes halogenated alkanes) is 3. The summed E-state index contributed by atoms with van der Waals surface area (Å²) in [7, 11) is 2.16. The summed E-state index contributed by atoms with van der Waals surface area (Å²) in [5, 5.41) is 10.9. The minimum atomic E-state index is 0.332. The molecular weight excluding hydrogens is 286 g/mol. The summed E-state index contributed by atoms with van der Waals surface area (Å²) in [5.41, 5.74) is 1.38. The molecule has 0 aliphatic rings. The minimum Gasteiger partial charge on any atom is -0.396 e. The molecule has 0 aromatic carbocycles. The molecule has 1 heterocycles. The Kier molecular flexibility index (Phi) is 7.28. The molecule has 92 valence electrons. The topological polar surface area (TPSA) is 23.5 Å². The first-order valence-electron chi connectivity index (χ1n) is 5.74. The number of hydrogen-bond donors (Lipinski definition) is 1. The Balaban J connectivity index is 2.09. The van der Waals surface area contributed by atoms with Gasteiger partial charge in [-0.1, -0.05) is 12.8 Å². The molecule has 1 aromatic heterocycles. The lowest BCUT2D eigenvalue weighted by molar-refractivity contribution is 0.277. The Morgan fingerprint density at radius 2 is 2.06 bits per heavy atom. The Bertz CT molecular complexity index is 290. The zero-order chi connectivity index (χ0) is 11.8. The molecule has 0 amide bonds. The van der Waals surface area contributed by atoms with Crippen molar-refractivity contribution in [2.45, 2.75) is 32.2 Å². The van der Waals surface area contributed by atoms with E-state index >= 15 is 0 Å². The number of nitrogens with zero attached hydrogens (tertiary/aromatic N) is 1. The van der Waals surface area contributed by atoms with Crippen LogP contribution in [0.1, 0.15) is 31.2 Å². The summed E-state index contributed by atoms with van der Waals surface area (Å²) in [5.74, 6) is 0. The van der Waals surface area contributed by atoms with Gasteiger partial charge in [-0.3, -0.25) is 0 Å². The van der Waals surface area contributed by atoms with Crippen LogP contribution in [0.5, 0.6) is 0 Å². The van der Waals surface area contributed by atoms with Gasteiger partial charge in [0.1, 0.15) is 0 Å². The highest BCUT2D eigenvalue weighted by atomic mass is 79.9. The van der Waals surface area contributed by atoms with Crippen LogP contribution in [0.2, 0.25) is 0 Å². The number of hydrogen-bond acceptors (Lipinski definition) is 3. The SMILES string of the molecule is CN(CCCCCCO)Cc1csc(Br)c1. The third kappa shape index (κ3) is 5.99. The number of thiophene rings is 1. The molecule has 16 heavy (non-hydrogen) atoms. The van der Waals surface area contributed by atoms with Crippen LogP contribution in [0.3, 0.4) is 0 Å². The van der Waals surface area contributed by atoms with E-state index in [2.05, 4.69) is 39.3 Å². The van der Waals surface area contributed by atoms with Gasteiger partial charge in [0.05, 0.1) is 3.79 Å². The first kappa shape index (κ1) is 14.2. The van der Waals surface area contributed by atoms with Gasteiger partial charge in [0, 0.05) is 13.2 Å². The molecule has 0 spiro atoms. The standard InChI is InChI=1S/C12H20BrNOS/c1-14(6-4-2-3-5-7-15)9-11-8-12(13)16-10-11/h8,10,15H,2-7,9H2,1H3. The third-order valence-corrected chi connectivity index (χ3v) is 4.08. The van der Waals surface area contributed by atoms with Gasteiger partial charge in [-0.25, -0.2) is 0 Å². The van der Waals surface area contributed by atoms with Gasteiger partial charge in [0.25, 0.3) is 0 Å². The lowest BCUT2D eigenvalue weighted by Gasteiger charge is -2.15. The second kappa shape index (κ2) is 8.23. The normalized spacial score (nSPS) is 11.2. The lowest BCUT2D eigenvalue weighted by atomic mass is 10.2. The monoisotopic (exact) mass is 305 g/mol. The Hall–Kier alpha value is 0.100. The Morgan fingerprint density at radius 1 is 1.31 bits per heavy atom. The molecule has 2 nitrogen and oxygen atoms in total. The summed E-state index contributed by atoms with van der Waals surface area (Å²) < 4.78 is 1.21. The summed E-state index contributed by atoms with van der Waals surface area (Å²) in [6.45, 7) is 2.50. The average Bonchev–Trinajstić information content (AvgIpc) is 2.63. The molecule has 0 aliphatic carbocycles. The van der Waals surface area contributed by atoms with E-state index < -0.39 is 0 Å². The van der Waals surface area contributed by atoms with Crippen molar-refractivity contribution in [1.82, 2.24) is 4.90 Å². The molecule has 0 bridgehead atoms. The van der Waals surface area contributed by atoms with Crippen LogP contribution in [0.4, 0.5) is 0 Å². The van der Waals surface area contributed by atoms with Crippen LogP contribution in [0.15, 0.2) is 15.2 Å². The molecule has 0 unspecified atom stereocenters. The second-order valence-corrected chi connectivity index (χ2v) is 6.43. The molecule has 0 atom stereocenters. The third-order valence-electron chi connectivity index (χ3n) is 2.52.